The first-order valence-corrected chi connectivity index (χ1v) is 11.5. The number of hydrogen-bond acceptors (Lipinski definition) is 7. The van der Waals surface area contributed by atoms with Crippen LogP contribution >= 0.6 is 12.6 Å². The van der Waals surface area contributed by atoms with Gasteiger partial charge < -0.3 is 4.90 Å². The molecule has 4 heterocycles. The van der Waals surface area contributed by atoms with Crippen molar-refractivity contribution in [3.8, 4) is 0 Å². The predicted octanol–water partition coefficient (Wildman–Crippen LogP) is 2.09. The van der Waals surface area contributed by atoms with Crippen LogP contribution in [0.1, 0.15) is 34.9 Å². The molecule has 7 nitrogen and oxygen atoms in total. The molecule has 32 heavy (non-hydrogen) atoms. The minimum atomic E-state index is -0.326. The van der Waals surface area contributed by atoms with Gasteiger partial charge in [-0.15, -0.1) is 0 Å². The molecule has 3 aliphatic rings. The average molecular weight is 456 g/mol. The molecule has 5 rings (SSSR count). The molecule has 9 heteroatoms. The summed E-state index contributed by atoms with van der Waals surface area (Å²) in [5.41, 5.74) is 4.15. The summed E-state index contributed by atoms with van der Waals surface area (Å²) in [5, 5.41) is 2.30. The fraction of sp³-hybridized carbons (Fsp3) is 0.435. The van der Waals surface area contributed by atoms with E-state index in [-0.39, 0.29) is 29.0 Å². The van der Waals surface area contributed by atoms with Gasteiger partial charge >= 0.3 is 0 Å². The van der Waals surface area contributed by atoms with E-state index in [1.165, 1.54) is 17.3 Å². The first kappa shape index (κ1) is 21.4. The number of piperidine rings is 1. The number of pyridine rings is 1. The van der Waals surface area contributed by atoms with Crippen LogP contribution in [0.5, 0.6) is 0 Å². The van der Waals surface area contributed by atoms with Gasteiger partial charge in [0, 0.05) is 51.9 Å². The third-order valence-corrected chi connectivity index (χ3v) is 7.21. The number of amides is 2. The van der Waals surface area contributed by atoms with Crippen molar-refractivity contribution in [3.63, 3.8) is 0 Å². The second kappa shape index (κ2) is 8.80. The minimum Gasteiger partial charge on any atom is -0.367 e. The Hall–Kier alpha value is -2.49. The fourth-order valence-corrected chi connectivity index (χ4v) is 5.41. The maximum absolute atomic E-state index is 14.0. The van der Waals surface area contributed by atoms with Crippen LogP contribution in [-0.4, -0.2) is 58.8 Å². The Morgan fingerprint density at radius 2 is 1.97 bits per heavy atom. The van der Waals surface area contributed by atoms with E-state index in [2.05, 4.69) is 43.2 Å². The maximum Gasteiger partial charge on any atom is 0.243 e. The van der Waals surface area contributed by atoms with Crippen LogP contribution in [0.25, 0.3) is 0 Å². The number of aromatic nitrogens is 1. The van der Waals surface area contributed by atoms with Crippen molar-refractivity contribution in [2.45, 2.75) is 37.3 Å². The second-order valence-corrected chi connectivity index (χ2v) is 9.13. The summed E-state index contributed by atoms with van der Waals surface area (Å²) in [7, 11) is 0. The molecule has 2 amide bonds. The van der Waals surface area contributed by atoms with Gasteiger partial charge in [-0.2, -0.15) is 12.6 Å². The molecule has 1 aromatic carbocycles. The molecular formula is C23H26FN5O2S. The molecular weight excluding hydrogens is 429 g/mol. The van der Waals surface area contributed by atoms with E-state index in [0.29, 0.717) is 25.1 Å². The first-order chi connectivity index (χ1) is 15.5. The van der Waals surface area contributed by atoms with E-state index in [9.17, 15) is 14.0 Å². The SMILES string of the molecule is O=C1CCC(N2Cc3cc(CN4CCN(c5ccncc5F)CC4)ccc3C2S)C(=O)N1. The minimum absolute atomic E-state index is 0.151. The summed E-state index contributed by atoms with van der Waals surface area (Å²) in [6.45, 7) is 4.74. The number of carbonyl (C=O) groups is 2. The van der Waals surface area contributed by atoms with E-state index >= 15 is 0 Å². The van der Waals surface area contributed by atoms with Crippen molar-refractivity contribution in [3.05, 3.63) is 59.2 Å². The number of hydrogen-bond donors (Lipinski definition) is 2. The number of thiol groups is 1. The average Bonchev–Trinajstić information content (AvgIpc) is 3.10. The summed E-state index contributed by atoms with van der Waals surface area (Å²) in [4.78, 5) is 34.2. The van der Waals surface area contributed by atoms with Gasteiger partial charge in [0.2, 0.25) is 11.8 Å². The standard InChI is InChI=1S/C23H26FN5O2S/c24-18-12-25-6-5-19(18)28-9-7-27(8-10-28)13-15-1-2-17-16(11-15)14-29(23(17)32)20-3-4-21(30)26-22(20)31/h1-2,5-6,11-12,20,23,32H,3-4,7-10,13-14H2,(H,26,30,31). The molecule has 0 saturated carbocycles. The van der Waals surface area contributed by atoms with E-state index in [0.717, 1.165) is 38.3 Å². The van der Waals surface area contributed by atoms with Crippen LogP contribution in [0.3, 0.4) is 0 Å². The third kappa shape index (κ3) is 4.12. The number of rotatable bonds is 4. The normalized spacial score (nSPS) is 24.5. The highest BCUT2D eigenvalue weighted by atomic mass is 32.1. The molecule has 0 aliphatic carbocycles. The second-order valence-electron chi connectivity index (χ2n) is 8.64. The molecule has 2 fully saturated rings. The number of imide groups is 1. The zero-order chi connectivity index (χ0) is 22.2. The Morgan fingerprint density at radius 3 is 2.72 bits per heavy atom. The number of halogens is 1. The Labute approximate surface area is 192 Å². The van der Waals surface area contributed by atoms with Crippen LogP contribution in [0.2, 0.25) is 0 Å². The number of piperazine rings is 1. The highest BCUT2D eigenvalue weighted by Crippen LogP contribution is 2.39. The van der Waals surface area contributed by atoms with E-state index in [1.54, 1.807) is 12.3 Å². The number of fused-ring (bicyclic) bond motifs is 1. The zero-order valence-corrected chi connectivity index (χ0v) is 18.6. The number of nitrogens with zero attached hydrogens (tertiary/aromatic N) is 4. The molecule has 2 saturated heterocycles. The van der Waals surface area contributed by atoms with Gasteiger partial charge in [-0.25, -0.2) is 4.39 Å². The molecule has 0 spiro atoms. The van der Waals surface area contributed by atoms with Gasteiger partial charge in [-0.1, -0.05) is 18.2 Å². The molecule has 2 aromatic rings. The number of carbonyl (C=O) groups excluding carboxylic acids is 2. The van der Waals surface area contributed by atoms with Crippen LogP contribution in [-0.2, 0) is 22.7 Å². The molecule has 2 atom stereocenters. The smallest absolute Gasteiger partial charge is 0.243 e. The monoisotopic (exact) mass is 455 g/mol. The Morgan fingerprint density at radius 1 is 1.16 bits per heavy atom. The quantitative estimate of drug-likeness (QED) is 0.544. The predicted molar refractivity (Wildman–Crippen MR) is 122 cm³/mol. The Kier molecular flexibility index (Phi) is 5.88. The number of anilines is 1. The summed E-state index contributed by atoms with van der Waals surface area (Å²) in [6.07, 6.45) is 3.79. The van der Waals surface area contributed by atoms with Crippen LogP contribution in [0.15, 0.2) is 36.7 Å². The first-order valence-electron chi connectivity index (χ1n) is 11.0. The fourth-order valence-electron chi connectivity index (χ4n) is 4.92. The molecule has 168 valence electrons. The highest BCUT2D eigenvalue weighted by Gasteiger charge is 2.39. The van der Waals surface area contributed by atoms with Gasteiger partial charge in [-0.3, -0.25) is 29.7 Å². The van der Waals surface area contributed by atoms with Crippen LogP contribution in [0, 0.1) is 5.82 Å². The lowest BCUT2D eigenvalue weighted by atomic mass is 10.0. The molecule has 3 aliphatic heterocycles. The van der Waals surface area contributed by atoms with Crippen molar-refractivity contribution in [2.24, 2.45) is 0 Å². The van der Waals surface area contributed by atoms with E-state index in [1.807, 2.05) is 0 Å². The van der Waals surface area contributed by atoms with Crippen molar-refractivity contribution >= 4 is 30.1 Å². The largest absolute Gasteiger partial charge is 0.367 e. The van der Waals surface area contributed by atoms with Gasteiger partial charge in [0.15, 0.2) is 5.82 Å². The topological polar surface area (TPSA) is 68.8 Å². The number of benzene rings is 1. The van der Waals surface area contributed by atoms with Crippen molar-refractivity contribution < 1.29 is 14.0 Å². The van der Waals surface area contributed by atoms with Crippen molar-refractivity contribution in [1.29, 1.82) is 0 Å². The van der Waals surface area contributed by atoms with Gasteiger partial charge in [0.1, 0.15) is 0 Å². The molecule has 0 radical (unpaired) electrons. The van der Waals surface area contributed by atoms with Crippen LogP contribution < -0.4 is 10.2 Å². The zero-order valence-electron chi connectivity index (χ0n) is 17.7. The summed E-state index contributed by atoms with van der Waals surface area (Å²) in [5.74, 6) is -0.703. The Balaban J connectivity index is 1.21. The van der Waals surface area contributed by atoms with Gasteiger partial charge in [0.05, 0.1) is 23.3 Å². The highest BCUT2D eigenvalue weighted by molar-refractivity contribution is 7.80. The van der Waals surface area contributed by atoms with Crippen LogP contribution in [0.4, 0.5) is 10.1 Å². The maximum atomic E-state index is 14.0. The lowest BCUT2D eigenvalue weighted by Gasteiger charge is -2.36. The molecule has 0 bridgehead atoms. The van der Waals surface area contributed by atoms with Gasteiger partial charge in [0.25, 0.3) is 0 Å². The Bertz CT molecular complexity index is 1040. The molecule has 1 aromatic heterocycles. The lowest BCUT2D eigenvalue weighted by molar-refractivity contribution is -0.137. The molecule has 2 unspecified atom stereocenters. The van der Waals surface area contributed by atoms with Gasteiger partial charge in [-0.05, 0) is 29.2 Å². The number of nitrogens with one attached hydrogen (secondary N) is 1. The summed E-state index contributed by atoms with van der Waals surface area (Å²) < 4.78 is 14.0. The molecule has 1 N–H and O–H groups in total. The van der Waals surface area contributed by atoms with Crippen molar-refractivity contribution in [1.82, 2.24) is 20.1 Å². The third-order valence-electron chi connectivity index (χ3n) is 6.63. The lowest BCUT2D eigenvalue weighted by Crippen LogP contribution is -2.51. The van der Waals surface area contributed by atoms with E-state index in [4.69, 9.17) is 12.6 Å². The summed E-state index contributed by atoms with van der Waals surface area (Å²) >= 11 is 4.77. The van der Waals surface area contributed by atoms with Crippen molar-refractivity contribution in [2.75, 3.05) is 31.1 Å². The summed E-state index contributed by atoms with van der Waals surface area (Å²) in [6, 6.07) is 7.85. The van der Waals surface area contributed by atoms with E-state index < -0.39 is 0 Å².